The van der Waals surface area contributed by atoms with E-state index in [0.717, 1.165) is 16.9 Å². The van der Waals surface area contributed by atoms with Gasteiger partial charge >= 0.3 is 0 Å². The van der Waals surface area contributed by atoms with E-state index >= 15 is 0 Å². The van der Waals surface area contributed by atoms with E-state index in [0.29, 0.717) is 12.2 Å². The SMILES string of the molecule is C=C/C=C(\C=C)COc1cccc(C(=C)CO)c1.CC. The maximum atomic E-state index is 9.03. The molecule has 0 bridgehead atoms. The summed E-state index contributed by atoms with van der Waals surface area (Å²) in [4.78, 5) is 0. The van der Waals surface area contributed by atoms with Gasteiger partial charge in [-0.3, -0.25) is 0 Å². The minimum Gasteiger partial charge on any atom is -0.489 e. The molecule has 20 heavy (non-hydrogen) atoms. The summed E-state index contributed by atoms with van der Waals surface area (Å²) in [5, 5.41) is 9.03. The molecular weight excluding hydrogens is 248 g/mol. The van der Waals surface area contributed by atoms with Gasteiger partial charge in [0, 0.05) is 0 Å². The molecule has 0 aliphatic rings. The van der Waals surface area contributed by atoms with Crippen LogP contribution in [0.1, 0.15) is 19.4 Å². The molecule has 0 heterocycles. The van der Waals surface area contributed by atoms with Crippen molar-refractivity contribution in [2.24, 2.45) is 0 Å². The van der Waals surface area contributed by atoms with Gasteiger partial charge in [-0.05, 0) is 28.8 Å². The highest BCUT2D eigenvalue weighted by molar-refractivity contribution is 5.65. The summed E-state index contributed by atoms with van der Waals surface area (Å²) in [6.07, 6.45) is 5.28. The molecule has 2 heteroatoms. The molecule has 0 aromatic heterocycles. The van der Waals surface area contributed by atoms with Crippen molar-refractivity contribution in [2.45, 2.75) is 13.8 Å². The molecular formula is C18H24O2. The molecule has 1 aromatic carbocycles. The standard InChI is InChI=1S/C16H18O2.C2H6/c1-4-7-14(5-2)12-18-16-9-6-8-15(10-16)13(3)11-17;1-2/h4-10,17H,1-3,11-12H2;1-2H3/b14-7+;. The molecule has 1 aromatic rings. The summed E-state index contributed by atoms with van der Waals surface area (Å²) >= 11 is 0. The highest BCUT2D eigenvalue weighted by Gasteiger charge is 2.00. The van der Waals surface area contributed by atoms with Crippen LogP contribution in [0, 0.1) is 0 Å². The van der Waals surface area contributed by atoms with E-state index in [2.05, 4.69) is 19.7 Å². The van der Waals surface area contributed by atoms with Gasteiger partial charge in [-0.1, -0.05) is 63.9 Å². The van der Waals surface area contributed by atoms with Crippen molar-refractivity contribution in [1.82, 2.24) is 0 Å². The Balaban J connectivity index is 0.00000172. The van der Waals surface area contributed by atoms with Crippen LogP contribution in [0.3, 0.4) is 0 Å². The molecule has 0 spiro atoms. The topological polar surface area (TPSA) is 29.5 Å². The highest BCUT2D eigenvalue weighted by atomic mass is 16.5. The highest BCUT2D eigenvalue weighted by Crippen LogP contribution is 2.19. The van der Waals surface area contributed by atoms with Crippen LogP contribution in [0.25, 0.3) is 5.57 Å². The summed E-state index contributed by atoms with van der Waals surface area (Å²) in [7, 11) is 0. The van der Waals surface area contributed by atoms with Crippen LogP contribution in [0.5, 0.6) is 5.75 Å². The van der Waals surface area contributed by atoms with Crippen LogP contribution in [-0.4, -0.2) is 18.3 Å². The van der Waals surface area contributed by atoms with E-state index in [9.17, 15) is 0 Å². The number of hydrogen-bond donors (Lipinski definition) is 1. The van der Waals surface area contributed by atoms with Gasteiger partial charge in [0.15, 0.2) is 0 Å². The molecule has 0 fully saturated rings. The maximum absolute atomic E-state index is 9.03. The molecule has 0 saturated carbocycles. The molecule has 0 amide bonds. The monoisotopic (exact) mass is 272 g/mol. The largest absolute Gasteiger partial charge is 0.489 e. The average molecular weight is 272 g/mol. The fourth-order valence-electron chi connectivity index (χ4n) is 1.39. The lowest BCUT2D eigenvalue weighted by atomic mass is 10.1. The Morgan fingerprint density at radius 1 is 1.30 bits per heavy atom. The zero-order valence-corrected chi connectivity index (χ0v) is 12.4. The number of benzene rings is 1. The van der Waals surface area contributed by atoms with Crippen molar-refractivity contribution in [3.05, 3.63) is 73.4 Å². The number of aliphatic hydroxyl groups is 1. The summed E-state index contributed by atoms with van der Waals surface area (Å²) in [5.74, 6) is 0.735. The van der Waals surface area contributed by atoms with E-state index in [1.807, 2.05) is 44.2 Å². The number of ether oxygens (including phenoxy) is 1. The van der Waals surface area contributed by atoms with Gasteiger partial charge in [-0.25, -0.2) is 0 Å². The molecule has 1 N–H and O–H groups in total. The van der Waals surface area contributed by atoms with Crippen LogP contribution in [-0.2, 0) is 0 Å². The summed E-state index contributed by atoms with van der Waals surface area (Å²) in [5.41, 5.74) is 2.50. The fourth-order valence-corrected chi connectivity index (χ4v) is 1.39. The van der Waals surface area contributed by atoms with Crippen molar-refractivity contribution >= 4 is 5.57 Å². The van der Waals surface area contributed by atoms with Gasteiger partial charge in [-0.2, -0.15) is 0 Å². The van der Waals surface area contributed by atoms with Gasteiger partial charge < -0.3 is 9.84 Å². The van der Waals surface area contributed by atoms with Crippen LogP contribution in [0.2, 0.25) is 0 Å². The van der Waals surface area contributed by atoms with Crippen molar-refractivity contribution in [3.63, 3.8) is 0 Å². The Labute approximate surface area is 122 Å². The lowest BCUT2D eigenvalue weighted by Crippen LogP contribution is -1.99. The first kappa shape index (κ1) is 17.9. The molecule has 108 valence electrons. The van der Waals surface area contributed by atoms with E-state index in [1.165, 1.54) is 0 Å². The summed E-state index contributed by atoms with van der Waals surface area (Å²) < 4.78 is 5.64. The third-order valence-corrected chi connectivity index (χ3v) is 2.43. The van der Waals surface area contributed by atoms with Crippen molar-refractivity contribution in [2.75, 3.05) is 13.2 Å². The molecule has 0 radical (unpaired) electrons. The zero-order chi connectivity index (χ0) is 15.4. The third-order valence-electron chi connectivity index (χ3n) is 2.43. The lowest BCUT2D eigenvalue weighted by molar-refractivity contribution is 0.349. The first-order valence-corrected chi connectivity index (χ1v) is 6.67. The molecule has 0 unspecified atom stereocenters. The van der Waals surface area contributed by atoms with Gasteiger partial charge in [-0.15, -0.1) is 0 Å². The first-order chi connectivity index (χ1) is 9.71. The second kappa shape index (κ2) is 10.8. The van der Waals surface area contributed by atoms with E-state index in [-0.39, 0.29) is 6.61 Å². The van der Waals surface area contributed by atoms with Crippen LogP contribution in [0.4, 0.5) is 0 Å². The Bertz CT molecular complexity index is 470. The van der Waals surface area contributed by atoms with Crippen LogP contribution < -0.4 is 4.74 Å². The van der Waals surface area contributed by atoms with Crippen molar-refractivity contribution in [1.29, 1.82) is 0 Å². The van der Waals surface area contributed by atoms with Crippen LogP contribution in [0.15, 0.2) is 67.8 Å². The number of rotatable bonds is 7. The maximum Gasteiger partial charge on any atom is 0.120 e. The second-order valence-electron chi connectivity index (χ2n) is 3.76. The minimum absolute atomic E-state index is 0.0578. The zero-order valence-electron chi connectivity index (χ0n) is 12.4. The fraction of sp³-hybridized carbons (Fsp3) is 0.222. The smallest absolute Gasteiger partial charge is 0.120 e. The summed E-state index contributed by atoms with van der Waals surface area (Å²) in [6, 6.07) is 7.48. The van der Waals surface area contributed by atoms with Gasteiger partial charge in [0.25, 0.3) is 0 Å². The number of aliphatic hydroxyl groups excluding tert-OH is 1. The van der Waals surface area contributed by atoms with Crippen molar-refractivity contribution in [3.8, 4) is 5.75 Å². The van der Waals surface area contributed by atoms with Gasteiger partial charge in [0.2, 0.25) is 0 Å². The van der Waals surface area contributed by atoms with Gasteiger partial charge in [0.05, 0.1) is 6.61 Å². The van der Waals surface area contributed by atoms with E-state index < -0.39 is 0 Å². The Kier molecular flexibility index (Phi) is 9.71. The third kappa shape index (κ3) is 6.21. The normalized spacial score (nSPS) is 10.1. The van der Waals surface area contributed by atoms with E-state index in [1.54, 1.807) is 12.2 Å². The predicted molar refractivity (Wildman–Crippen MR) is 87.9 cm³/mol. The first-order valence-electron chi connectivity index (χ1n) is 6.67. The molecule has 1 rings (SSSR count). The Morgan fingerprint density at radius 3 is 2.55 bits per heavy atom. The molecule has 0 aliphatic heterocycles. The van der Waals surface area contributed by atoms with E-state index in [4.69, 9.17) is 9.84 Å². The molecule has 0 atom stereocenters. The average Bonchev–Trinajstić information content (AvgIpc) is 2.52. The lowest BCUT2D eigenvalue weighted by Gasteiger charge is -2.09. The summed E-state index contributed by atoms with van der Waals surface area (Å²) in [6.45, 7) is 15.5. The predicted octanol–water partition coefficient (Wildman–Crippen LogP) is 4.40. The second-order valence-corrected chi connectivity index (χ2v) is 3.76. The molecule has 2 nitrogen and oxygen atoms in total. The Morgan fingerprint density at radius 2 is 2.00 bits per heavy atom. The van der Waals surface area contributed by atoms with Crippen LogP contribution >= 0.6 is 0 Å². The molecule has 0 aliphatic carbocycles. The van der Waals surface area contributed by atoms with Gasteiger partial charge in [0.1, 0.15) is 12.4 Å². The molecule has 0 saturated heterocycles. The quantitative estimate of drug-likeness (QED) is 0.746. The number of allylic oxidation sites excluding steroid dienone is 2. The Hall–Kier alpha value is -2.06. The van der Waals surface area contributed by atoms with Crippen molar-refractivity contribution < 1.29 is 9.84 Å². The number of hydrogen-bond acceptors (Lipinski definition) is 2. The minimum atomic E-state index is -0.0578.